The summed E-state index contributed by atoms with van der Waals surface area (Å²) in [6, 6.07) is 12.3. The van der Waals surface area contributed by atoms with Crippen molar-refractivity contribution < 1.29 is 9.53 Å². The standard InChI is InChI=1S/C22H29NO2/c1-7-20(25-21-13-15(3)8-10-16(21)4)22(24)23-18(6)19-11-9-14(2)12-17(19)5/h8-13,18,20H,7H2,1-6H3,(H,23,24)/t18-,20-/m0/s1. The first-order valence-electron chi connectivity index (χ1n) is 8.93. The lowest BCUT2D eigenvalue weighted by Gasteiger charge is -2.22. The fraction of sp³-hybridized carbons (Fsp3) is 0.409. The highest BCUT2D eigenvalue weighted by atomic mass is 16.5. The van der Waals surface area contributed by atoms with Gasteiger partial charge in [0.1, 0.15) is 5.75 Å². The molecule has 0 aliphatic heterocycles. The maximum Gasteiger partial charge on any atom is 0.261 e. The van der Waals surface area contributed by atoms with Gasteiger partial charge in [-0.25, -0.2) is 0 Å². The molecule has 2 atom stereocenters. The summed E-state index contributed by atoms with van der Waals surface area (Å²) in [5.74, 6) is 0.706. The number of aryl methyl sites for hydroxylation is 4. The lowest BCUT2D eigenvalue weighted by molar-refractivity contribution is -0.128. The maximum absolute atomic E-state index is 12.7. The molecule has 2 aromatic carbocycles. The van der Waals surface area contributed by atoms with E-state index in [0.717, 1.165) is 22.4 Å². The number of rotatable bonds is 6. The van der Waals surface area contributed by atoms with Crippen LogP contribution in [-0.4, -0.2) is 12.0 Å². The van der Waals surface area contributed by atoms with Crippen molar-refractivity contribution in [3.05, 3.63) is 64.2 Å². The van der Waals surface area contributed by atoms with Crippen LogP contribution in [0, 0.1) is 27.7 Å². The Bertz CT molecular complexity index is 752. The molecule has 2 aromatic rings. The van der Waals surface area contributed by atoms with Crippen molar-refractivity contribution in [1.82, 2.24) is 5.32 Å². The molecule has 0 saturated heterocycles. The highest BCUT2D eigenvalue weighted by Crippen LogP contribution is 2.22. The number of ether oxygens (including phenoxy) is 1. The van der Waals surface area contributed by atoms with E-state index in [9.17, 15) is 4.79 Å². The molecule has 0 fully saturated rings. The lowest BCUT2D eigenvalue weighted by atomic mass is 10.00. The van der Waals surface area contributed by atoms with E-state index in [-0.39, 0.29) is 11.9 Å². The minimum Gasteiger partial charge on any atom is -0.480 e. The van der Waals surface area contributed by atoms with Crippen molar-refractivity contribution in [2.45, 2.75) is 60.1 Å². The third kappa shape index (κ3) is 4.85. The van der Waals surface area contributed by atoms with Crippen LogP contribution in [-0.2, 0) is 4.79 Å². The number of benzene rings is 2. The second-order valence-electron chi connectivity index (χ2n) is 6.87. The van der Waals surface area contributed by atoms with Gasteiger partial charge in [-0.3, -0.25) is 4.79 Å². The van der Waals surface area contributed by atoms with Gasteiger partial charge in [-0.15, -0.1) is 0 Å². The SMILES string of the molecule is CC[C@H](Oc1cc(C)ccc1C)C(=O)N[C@@H](C)c1ccc(C)cc1C. The van der Waals surface area contributed by atoms with Crippen LogP contribution >= 0.6 is 0 Å². The van der Waals surface area contributed by atoms with Crippen LogP contribution < -0.4 is 10.1 Å². The number of hydrogen-bond acceptors (Lipinski definition) is 2. The Hall–Kier alpha value is -2.29. The third-order valence-corrected chi connectivity index (χ3v) is 4.53. The highest BCUT2D eigenvalue weighted by molar-refractivity contribution is 5.81. The monoisotopic (exact) mass is 339 g/mol. The van der Waals surface area contributed by atoms with Gasteiger partial charge in [-0.2, -0.15) is 0 Å². The van der Waals surface area contributed by atoms with Crippen molar-refractivity contribution in [2.24, 2.45) is 0 Å². The van der Waals surface area contributed by atoms with Gasteiger partial charge in [-0.05, 0) is 69.4 Å². The average Bonchev–Trinajstić information content (AvgIpc) is 2.55. The first kappa shape index (κ1) is 19.0. The zero-order chi connectivity index (χ0) is 18.6. The summed E-state index contributed by atoms with van der Waals surface area (Å²) >= 11 is 0. The van der Waals surface area contributed by atoms with E-state index in [4.69, 9.17) is 4.74 Å². The van der Waals surface area contributed by atoms with Crippen LogP contribution in [0.4, 0.5) is 0 Å². The summed E-state index contributed by atoms with van der Waals surface area (Å²) in [4.78, 5) is 12.7. The zero-order valence-corrected chi connectivity index (χ0v) is 16.1. The number of hydrogen-bond donors (Lipinski definition) is 1. The summed E-state index contributed by atoms with van der Waals surface area (Å²) in [5.41, 5.74) is 5.72. The molecule has 3 heteroatoms. The second kappa shape index (κ2) is 8.19. The van der Waals surface area contributed by atoms with E-state index in [1.807, 2.05) is 45.9 Å². The van der Waals surface area contributed by atoms with Crippen LogP contribution in [0.15, 0.2) is 36.4 Å². The van der Waals surface area contributed by atoms with Gasteiger partial charge in [0.15, 0.2) is 6.10 Å². The van der Waals surface area contributed by atoms with Crippen LogP contribution in [0.25, 0.3) is 0 Å². The molecule has 0 spiro atoms. The first-order chi connectivity index (χ1) is 11.8. The minimum atomic E-state index is -0.492. The molecule has 0 heterocycles. The van der Waals surface area contributed by atoms with Crippen LogP contribution in [0.1, 0.15) is 54.1 Å². The van der Waals surface area contributed by atoms with E-state index in [1.165, 1.54) is 11.1 Å². The molecular weight excluding hydrogens is 310 g/mol. The van der Waals surface area contributed by atoms with Crippen molar-refractivity contribution in [3.63, 3.8) is 0 Å². The van der Waals surface area contributed by atoms with E-state index < -0.39 is 6.10 Å². The molecule has 1 amide bonds. The van der Waals surface area contributed by atoms with Crippen molar-refractivity contribution >= 4 is 5.91 Å². The van der Waals surface area contributed by atoms with Gasteiger partial charge in [0.05, 0.1) is 6.04 Å². The highest BCUT2D eigenvalue weighted by Gasteiger charge is 2.22. The van der Waals surface area contributed by atoms with Gasteiger partial charge < -0.3 is 10.1 Å². The molecule has 1 N–H and O–H groups in total. The molecule has 0 saturated carbocycles. The zero-order valence-electron chi connectivity index (χ0n) is 16.1. The Labute approximate surface area is 151 Å². The summed E-state index contributed by atoms with van der Waals surface area (Å²) in [7, 11) is 0. The summed E-state index contributed by atoms with van der Waals surface area (Å²) < 4.78 is 6.01. The number of amides is 1. The Morgan fingerprint density at radius 2 is 1.64 bits per heavy atom. The predicted molar refractivity (Wildman–Crippen MR) is 103 cm³/mol. The molecule has 0 unspecified atom stereocenters. The molecule has 25 heavy (non-hydrogen) atoms. The van der Waals surface area contributed by atoms with E-state index in [0.29, 0.717) is 6.42 Å². The van der Waals surface area contributed by atoms with Crippen LogP contribution in [0.3, 0.4) is 0 Å². The van der Waals surface area contributed by atoms with Crippen LogP contribution in [0.2, 0.25) is 0 Å². The van der Waals surface area contributed by atoms with Crippen molar-refractivity contribution in [2.75, 3.05) is 0 Å². The Morgan fingerprint density at radius 1 is 1.00 bits per heavy atom. The number of nitrogens with one attached hydrogen (secondary N) is 1. The Balaban J connectivity index is 2.10. The Kier molecular flexibility index (Phi) is 6.24. The number of carbonyl (C=O) groups is 1. The van der Waals surface area contributed by atoms with Gasteiger partial charge in [-0.1, -0.05) is 42.8 Å². The molecule has 0 aliphatic carbocycles. The molecule has 0 radical (unpaired) electrons. The molecule has 0 bridgehead atoms. The predicted octanol–water partition coefficient (Wildman–Crippen LogP) is 4.96. The Morgan fingerprint density at radius 3 is 2.28 bits per heavy atom. The molecular formula is C22H29NO2. The normalized spacial score (nSPS) is 13.2. The van der Waals surface area contributed by atoms with Gasteiger partial charge >= 0.3 is 0 Å². The number of carbonyl (C=O) groups excluding carboxylic acids is 1. The molecule has 134 valence electrons. The van der Waals surface area contributed by atoms with E-state index >= 15 is 0 Å². The lowest BCUT2D eigenvalue weighted by Crippen LogP contribution is -2.39. The van der Waals surface area contributed by atoms with Crippen molar-refractivity contribution in [3.8, 4) is 5.75 Å². The topological polar surface area (TPSA) is 38.3 Å². The largest absolute Gasteiger partial charge is 0.480 e. The maximum atomic E-state index is 12.7. The molecule has 0 aromatic heterocycles. The van der Waals surface area contributed by atoms with Gasteiger partial charge in [0.2, 0.25) is 0 Å². The third-order valence-electron chi connectivity index (χ3n) is 4.53. The first-order valence-corrected chi connectivity index (χ1v) is 8.93. The van der Waals surface area contributed by atoms with Gasteiger partial charge in [0.25, 0.3) is 5.91 Å². The van der Waals surface area contributed by atoms with Crippen molar-refractivity contribution in [1.29, 1.82) is 0 Å². The van der Waals surface area contributed by atoms with E-state index in [1.54, 1.807) is 0 Å². The fourth-order valence-electron chi connectivity index (χ4n) is 3.01. The van der Waals surface area contributed by atoms with Gasteiger partial charge in [0, 0.05) is 0 Å². The minimum absolute atomic E-state index is 0.0515. The smallest absolute Gasteiger partial charge is 0.261 e. The quantitative estimate of drug-likeness (QED) is 0.808. The summed E-state index contributed by atoms with van der Waals surface area (Å²) in [6.45, 7) is 12.2. The fourth-order valence-corrected chi connectivity index (χ4v) is 3.01. The second-order valence-corrected chi connectivity index (χ2v) is 6.87. The van der Waals surface area contributed by atoms with Crippen LogP contribution in [0.5, 0.6) is 5.75 Å². The summed E-state index contributed by atoms with van der Waals surface area (Å²) in [6.07, 6.45) is 0.132. The summed E-state index contributed by atoms with van der Waals surface area (Å²) in [5, 5.41) is 3.10. The molecule has 2 rings (SSSR count). The molecule has 3 nitrogen and oxygen atoms in total. The molecule has 0 aliphatic rings. The van der Waals surface area contributed by atoms with E-state index in [2.05, 4.69) is 37.4 Å². The average molecular weight is 339 g/mol.